The monoisotopic (exact) mass is 237 g/mol. The molecule has 2 N–H and O–H groups in total. The molecule has 0 spiro atoms. The molecule has 1 atom stereocenters. The maximum Gasteiger partial charge on any atom is 0.159 e. The molecule has 1 unspecified atom stereocenters. The van der Waals surface area contributed by atoms with Gasteiger partial charge in [0.15, 0.2) is 11.6 Å². The molecular weight excluding hydrogens is 224 g/mol. The third kappa shape index (κ3) is 2.68. The van der Waals surface area contributed by atoms with Crippen LogP contribution < -0.4 is 5.73 Å². The van der Waals surface area contributed by atoms with E-state index < -0.39 is 17.7 Å². The molecule has 1 heterocycles. The van der Waals surface area contributed by atoms with Gasteiger partial charge in [-0.05, 0) is 30.2 Å². The van der Waals surface area contributed by atoms with Crippen LogP contribution >= 0.6 is 0 Å². The molecule has 0 fully saturated rings. The van der Waals surface area contributed by atoms with Crippen LogP contribution in [0.25, 0.3) is 0 Å². The summed E-state index contributed by atoms with van der Waals surface area (Å²) in [6, 6.07) is 3.28. The van der Waals surface area contributed by atoms with Gasteiger partial charge in [0, 0.05) is 12.2 Å². The summed E-state index contributed by atoms with van der Waals surface area (Å²) in [5.41, 5.74) is 7.49. The van der Waals surface area contributed by atoms with Crippen LogP contribution in [0.1, 0.15) is 17.2 Å². The third-order valence-corrected chi connectivity index (χ3v) is 2.52. The van der Waals surface area contributed by atoms with Crippen LogP contribution in [0.4, 0.5) is 8.78 Å². The highest BCUT2D eigenvalue weighted by Crippen LogP contribution is 2.16. The number of halogens is 2. The third-order valence-electron chi connectivity index (χ3n) is 2.52. The van der Waals surface area contributed by atoms with Gasteiger partial charge in [0.1, 0.15) is 0 Å². The minimum absolute atomic E-state index is 0.413. The Kier molecular flexibility index (Phi) is 3.19. The number of nitrogens with two attached hydrogens (primary N) is 1. The zero-order chi connectivity index (χ0) is 12.4. The number of nitrogens with zero attached hydrogens (tertiary/aromatic N) is 2. The summed E-state index contributed by atoms with van der Waals surface area (Å²) in [4.78, 5) is 0. The van der Waals surface area contributed by atoms with E-state index in [1.54, 1.807) is 10.9 Å². The summed E-state index contributed by atoms with van der Waals surface area (Å²) in [5, 5.41) is 4.09. The predicted molar refractivity (Wildman–Crippen MR) is 60.3 cm³/mol. The maximum absolute atomic E-state index is 13.0. The molecule has 2 rings (SSSR count). The Labute approximate surface area is 97.9 Å². The van der Waals surface area contributed by atoms with E-state index >= 15 is 0 Å². The van der Waals surface area contributed by atoms with Gasteiger partial charge >= 0.3 is 0 Å². The summed E-state index contributed by atoms with van der Waals surface area (Å²) in [6.45, 7) is 2.35. The van der Waals surface area contributed by atoms with E-state index in [2.05, 4.69) is 5.10 Å². The van der Waals surface area contributed by atoms with Crippen molar-refractivity contribution in [2.75, 3.05) is 0 Å². The van der Waals surface area contributed by atoms with E-state index in [0.717, 1.165) is 17.7 Å². The fraction of sp³-hybridized carbons (Fsp3) is 0.250. The van der Waals surface area contributed by atoms with Crippen molar-refractivity contribution in [3.8, 4) is 0 Å². The van der Waals surface area contributed by atoms with Crippen LogP contribution in [0, 0.1) is 18.6 Å². The molecule has 2 aromatic rings. The van der Waals surface area contributed by atoms with Crippen molar-refractivity contribution in [1.29, 1.82) is 0 Å². The van der Waals surface area contributed by atoms with Crippen LogP contribution in [-0.2, 0) is 6.54 Å². The Morgan fingerprint density at radius 3 is 2.71 bits per heavy atom. The van der Waals surface area contributed by atoms with E-state index in [1.807, 2.05) is 13.1 Å². The quantitative estimate of drug-likeness (QED) is 0.889. The number of aryl methyl sites for hydroxylation is 1. The Morgan fingerprint density at radius 2 is 2.12 bits per heavy atom. The van der Waals surface area contributed by atoms with Gasteiger partial charge in [-0.3, -0.25) is 4.68 Å². The summed E-state index contributed by atoms with van der Waals surface area (Å²) in [6.07, 6.45) is 3.57. The maximum atomic E-state index is 13.0. The summed E-state index contributed by atoms with van der Waals surface area (Å²) in [7, 11) is 0. The number of rotatable bonds is 3. The second-order valence-electron chi connectivity index (χ2n) is 4.02. The zero-order valence-corrected chi connectivity index (χ0v) is 9.40. The Hall–Kier alpha value is -1.75. The summed E-state index contributed by atoms with van der Waals surface area (Å²) >= 11 is 0. The van der Waals surface area contributed by atoms with Gasteiger partial charge < -0.3 is 5.73 Å². The largest absolute Gasteiger partial charge is 0.322 e. The first-order valence-corrected chi connectivity index (χ1v) is 5.26. The molecule has 3 nitrogen and oxygen atoms in total. The molecule has 5 heteroatoms. The van der Waals surface area contributed by atoms with Crippen molar-refractivity contribution in [2.24, 2.45) is 5.73 Å². The second kappa shape index (κ2) is 4.63. The average molecular weight is 237 g/mol. The van der Waals surface area contributed by atoms with Crippen molar-refractivity contribution in [2.45, 2.75) is 19.5 Å². The summed E-state index contributed by atoms with van der Waals surface area (Å²) in [5.74, 6) is -1.74. The van der Waals surface area contributed by atoms with E-state index in [9.17, 15) is 8.78 Å². The lowest BCUT2D eigenvalue weighted by atomic mass is 10.1. The Bertz CT molecular complexity index is 522. The van der Waals surface area contributed by atoms with E-state index in [-0.39, 0.29) is 0 Å². The zero-order valence-electron chi connectivity index (χ0n) is 9.40. The molecule has 0 aliphatic carbocycles. The molecule has 1 aromatic heterocycles. The lowest BCUT2D eigenvalue weighted by Gasteiger charge is -2.12. The second-order valence-corrected chi connectivity index (χ2v) is 4.02. The first-order valence-electron chi connectivity index (χ1n) is 5.26. The molecule has 0 saturated heterocycles. The lowest BCUT2D eigenvalue weighted by Crippen LogP contribution is -2.18. The van der Waals surface area contributed by atoms with Crippen LogP contribution in [0.5, 0.6) is 0 Å². The number of hydrogen-bond acceptors (Lipinski definition) is 2. The van der Waals surface area contributed by atoms with Crippen LogP contribution in [0.2, 0.25) is 0 Å². The van der Waals surface area contributed by atoms with Gasteiger partial charge in [-0.15, -0.1) is 0 Å². The molecule has 0 aliphatic heterocycles. The first-order chi connectivity index (χ1) is 8.06. The Balaban J connectivity index is 2.14. The predicted octanol–water partition coefficient (Wildman–Crippen LogP) is 2.17. The van der Waals surface area contributed by atoms with Gasteiger partial charge in [0.05, 0.1) is 12.7 Å². The SMILES string of the molecule is Cc1cnn(CC(N)c2ccc(F)c(F)c2)c1. The van der Waals surface area contributed by atoms with Crippen molar-refractivity contribution in [3.63, 3.8) is 0 Å². The highest BCUT2D eigenvalue weighted by Gasteiger charge is 2.10. The standard InChI is InChI=1S/C12H13F2N3/c1-8-5-16-17(6-8)7-12(15)9-2-3-10(13)11(14)4-9/h2-6,12H,7,15H2,1H3. The minimum Gasteiger partial charge on any atom is -0.322 e. The average Bonchev–Trinajstić information content (AvgIpc) is 2.68. The molecule has 0 saturated carbocycles. The fourth-order valence-electron chi connectivity index (χ4n) is 1.62. The first kappa shape index (κ1) is 11.7. The normalized spacial score (nSPS) is 12.7. The van der Waals surface area contributed by atoms with E-state index in [0.29, 0.717) is 12.1 Å². The van der Waals surface area contributed by atoms with Crippen molar-refractivity contribution >= 4 is 0 Å². The van der Waals surface area contributed by atoms with Gasteiger partial charge in [-0.1, -0.05) is 6.07 Å². The highest BCUT2D eigenvalue weighted by atomic mass is 19.2. The molecule has 1 aromatic carbocycles. The van der Waals surface area contributed by atoms with Crippen molar-refractivity contribution < 1.29 is 8.78 Å². The molecule has 17 heavy (non-hydrogen) atoms. The van der Waals surface area contributed by atoms with Gasteiger partial charge in [0.25, 0.3) is 0 Å². The van der Waals surface area contributed by atoms with Crippen LogP contribution in [-0.4, -0.2) is 9.78 Å². The minimum atomic E-state index is -0.880. The van der Waals surface area contributed by atoms with Crippen molar-refractivity contribution in [1.82, 2.24) is 9.78 Å². The van der Waals surface area contributed by atoms with E-state index in [4.69, 9.17) is 5.73 Å². The molecule has 0 bridgehead atoms. The molecule has 90 valence electrons. The number of hydrogen-bond donors (Lipinski definition) is 1. The van der Waals surface area contributed by atoms with Crippen LogP contribution in [0.3, 0.4) is 0 Å². The molecule has 0 amide bonds. The molecule has 0 aliphatic rings. The number of aromatic nitrogens is 2. The van der Waals surface area contributed by atoms with Gasteiger partial charge in [-0.2, -0.15) is 5.10 Å². The van der Waals surface area contributed by atoms with Gasteiger partial charge in [-0.25, -0.2) is 8.78 Å². The smallest absolute Gasteiger partial charge is 0.159 e. The fourth-order valence-corrected chi connectivity index (χ4v) is 1.62. The lowest BCUT2D eigenvalue weighted by molar-refractivity contribution is 0.495. The molecule has 0 radical (unpaired) electrons. The highest BCUT2D eigenvalue weighted by molar-refractivity contribution is 5.21. The summed E-state index contributed by atoms with van der Waals surface area (Å²) < 4.78 is 27.5. The van der Waals surface area contributed by atoms with Crippen molar-refractivity contribution in [3.05, 3.63) is 53.4 Å². The molecular formula is C12H13F2N3. The topological polar surface area (TPSA) is 43.8 Å². The van der Waals surface area contributed by atoms with Gasteiger partial charge in [0.2, 0.25) is 0 Å². The van der Waals surface area contributed by atoms with E-state index in [1.165, 1.54) is 6.07 Å². The Morgan fingerprint density at radius 1 is 1.35 bits per heavy atom. The van der Waals surface area contributed by atoms with Crippen LogP contribution in [0.15, 0.2) is 30.6 Å². The number of benzene rings is 1.